The van der Waals surface area contributed by atoms with Crippen molar-refractivity contribution in [1.29, 1.82) is 0 Å². The summed E-state index contributed by atoms with van der Waals surface area (Å²) >= 11 is 0. The van der Waals surface area contributed by atoms with E-state index in [1.807, 2.05) is 30.3 Å². The van der Waals surface area contributed by atoms with Crippen LogP contribution >= 0.6 is 0 Å². The van der Waals surface area contributed by atoms with Crippen LogP contribution in [-0.4, -0.2) is 74.3 Å². The smallest absolute Gasteiger partial charge is 0.308 e. The molecule has 1 aromatic rings. The molecule has 0 unspecified atom stereocenters. The second-order valence-corrected chi connectivity index (χ2v) is 9.12. The molecule has 0 amide bonds. The predicted molar refractivity (Wildman–Crippen MR) is 105 cm³/mol. The first-order valence-electron chi connectivity index (χ1n) is 11.1. The molecule has 6 bridgehead atoms. The molecule has 0 aromatic heterocycles. The van der Waals surface area contributed by atoms with E-state index < -0.39 is 5.79 Å². The van der Waals surface area contributed by atoms with E-state index >= 15 is 0 Å². The number of carbonyl (C=O) groups excluding carboxylic acids is 1. The van der Waals surface area contributed by atoms with Gasteiger partial charge in [0.05, 0.1) is 38.4 Å². The molecule has 9 atom stereocenters. The lowest BCUT2D eigenvalue weighted by atomic mass is 9.87. The van der Waals surface area contributed by atoms with Gasteiger partial charge in [0.1, 0.15) is 37.1 Å². The normalized spacial score (nSPS) is 44.7. The van der Waals surface area contributed by atoms with Crippen molar-refractivity contribution >= 4 is 5.97 Å². The first-order chi connectivity index (χ1) is 15.1. The molecule has 6 aliphatic heterocycles. The van der Waals surface area contributed by atoms with Crippen LogP contribution in [-0.2, 0) is 44.6 Å². The fourth-order valence-corrected chi connectivity index (χ4v) is 5.70. The average molecular weight is 432 g/mol. The summed E-state index contributed by atoms with van der Waals surface area (Å²) in [7, 11) is 1.40. The molecule has 6 saturated heterocycles. The van der Waals surface area contributed by atoms with E-state index in [9.17, 15) is 4.79 Å². The fraction of sp³-hybridized carbons (Fsp3) is 0.696. The topological polar surface area (TPSA) is 81.7 Å². The summed E-state index contributed by atoms with van der Waals surface area (Å²) in [6.45, 7) is 0.806. The third kappa shape index (κ3) is 3.50. The summed E-state index contributed by atoms with van der Waals surface area (Å²) in [5.41, 5.74) is 1.10. The summed E-state index contributed by atoms with van der Waals surface area (Å²) in [6, 6.07) is 10.0. The first kappa shape index (κ1) is 20.1. The molecule has 31 heavy (non-hydrogen) atoms. The van der Waals surface area contributed by atoms with Crippen molar-refractivity contribution in [3.05, 3.63) is 35.9 Å². The number of hydrogen-bond donors (Lipinski definition) is 0. The maximum Gasteiger partial charge on any atom is 0.308 e. The maximum atomic E-state index is 11.8. The van der Waals surface area contributed by atoms with Gasteiger partial charge in [-0.15, -0.1) is 0 Å². The number of carbonyl (C=O) groups is 1. The van der Waals surface area contributed by atoms with Gasteiger partial charge in [-0.25, -0.2) is 0 Å². The third-order valence-corrected chi connectivity index (χ3v) is 7.08. The Bertz CT molecular complexity index is 817. The standard InChI is InChI=1S/C23H28O8/c1-25-17(24)9-14-7-8-15-18(27-14)22-21-20(28-15)19-16(29-21)10-23(30-19,31-22)12-26-11-13-5-3-2-4-6-13/h2-6,14-16,18-22H,7-12H2,1H3/t14-,15+,16-,18+,19-,20+,21-,22+,23-/m1/s1. The van der Waals surface area contributed by atoms with Crippen molar-refractivity contribution in [2.75, 3.05) is 13.7 Å². The minimum Gasteiger partial charge on any atom is -0.469 e. The molecular weight excluding hydrogens is 404 g/mol. The largest absolute Gasteiger partial charge is 0.469 e. The van der Waals surface area contributed by atoms with Crippen LogP contribution < -0.4 is 0 Å². The van der Waals surface area contributed by atoms with E-state index in [2.05, 4.69) is 0 Å². The van der Waals surface area contributed by atoms with Gasteiger partial charge in [0, 0.05) is 6.42 Å². The van der Waals surface area contributed by atoms with Crippen LogP contribution in [0.5, 0.6) is 0 Å². The predicted octanol–water partition coefficient (Wildman–Crippen LogP) is 1.73. The Morgan fingerprint density at radius 3 is 2.58 bits per heavy atom. The average Bonchev–Trinajstić information content (AvgIpc) is 3.19. The molecule has 168 valence electrons. The Labute approximate surface area is 181 Å². The van der Waals surface area contributed by atoms with Crippen LogP contribution in [0.4, 0.5) is 0 Å². The summed E-state index contributed by atoms with van der Waals surface area (Å²) in [5.74, 6) is -1.14. The van der Waals surface area contributed by atoms with Gasteiger partial charge in [-0.05, 0) is 18.4 Å². The van der Waals surface area contributed by atoms with Crippen molar-refractivity contribution in [3.63, 3.8) is 0 Å². The molecule has 8 nitrogen and oxygen atoms in total. The molecule has 6 aliphatic rings. The van der Waals surface area contributed by atoms with Gasteiger partial charge >= 0.3 is 5.97 Å². The van der Waals surface area contributed by atoms with Gasteiger partial charge in [-0.2, -0.15) is 0 Å². The number of hydrogen-bond acceptors (Lipinski definition) is 8. The van der Waals surface area contributed by atoms with Gasteiger partial charge < -0.3 is 33.2 Å². The molecular formula is C23H28O8. The van der Waals surface area contributed by atoms with Gasteiger partial charge in [0.15, 0.2) is 5.79 Å². The highest BCUT2D eigenvalue weighted by Crippen LogP contribution is 2.52. The number of fused-ring (bicyclic) bond motifs is 1. The lowest BCUT2D eigenvalue weighted by Gasteiger charge is -2.47. The fourth-order valence-electron chi connectivity index (χ4n) is 5.70. The molecule has 6 heterocycles. The molecule has 7 rings (SSSR count). The van der Waals surface area contributed by atoms with Gasteiger partial charge in [-0.1, -0.05) is 30.3 Å². The SMILES string of the molecule is COC(=O)C[C@H]1CC[C@@H]2O[C@@H]3[C@H]4O[C@@H]5C[C@](COCc6ccccc6)(O[C@H]4[C@H]2O1)O[C@@H]35. The molecule has 0 spiro atoms. The van der Waals surface area contributed by atoms with E-state index in [0.717, 1.165) is 18.4 Å². The molecule has 1 aromatic carbocycles. The van der Waals surface area contributed by atoms with E-state index in [1.54, 1.807) is 0 Å². The van der Waals surface area contributed by atoms with Crippen LogP contribution in [0.1, 0.15) is 31.2 Å². The summed E-state index contributed by atoms with van der Waals surface area (Å²) in [4.78, 5) is 11.8. The van der Waals surface area contributed by atoms with Crippen LogP contribution in [0, 0.1) is 0 Å². The number of rotatable bonds is 6. The van der Waals surface area contributed by atoms with Crippen molar-refractivity contribution in [3.8, 4) is 0 Å². The van der Waals surface area contributed by atoms with Crippen LogP contribution in [0.25, 0.3) is 0 Å². The minimum absolute atomic E-state index is 0.0636. The lowest BCUT2D eigenvalue weighted by molar-refractivity contribution is -0.301. The van der Waals surface area contributed by atoms with Crippen LogP contribution in [0.15, 0.2) is 30.3 Å². The van der Waals surface area contributed by atoms with Gasteiger partial charge in [0.2, 0.25) is 0 Å². The Kier molecular flexibility index (Phi) is 5.05. The number of benzene rings is 1. The van der Waals surface area contributed by atoms with E-state index in [0.29, 0.717) is 19.6 Å². The Morgan fingerprint density at radius 1 is 0.968 bits per heavy atom. The zero-order valence-corrected chi connectivity index (χ0v) is 17.5. The van der Waals surface area contributed by atoms with Crippen molar-refractivity contribution < 1.29 is 38.0 Å². The molecule has 0 N–H and O–H groups in total. The summed E-state index contributed by atoms with van der Waals surface area (Å²) < 4.78 is 42.9. The molecule has 0 aliphatic carbocycles. The zero-order valence-electron chi connectivity index (χ0n) is 17.5. The monoisotopic (exact) mass is 432 g/mol. The molecule has 0 saturated carbocycles. The maximum absolute atomic E-state index is 11.8. The second-order valence-electron chi connectivity index (χ2n) is 9.12. The zero-order chi connectivity index (χ0) is 21.0. The Balaban J connectivity index is 1.19. The Hall–Kier alpha value is -1.55. The van der Waals surface area contributed by atoms with Crippen LogP contribution in [0.2, 0.25) is 0 Å². The van der Waals surface area contributed by atoms with Crippen LogP contribution in [0.3, 0.4) is 0 Å². The van der Waals surface area contributed by atoms with Crippen molar-refractivity contribution in [1.82, 2.24) is 0 Å². The number of ether oxygens (including phenoxy) is 7. The summed E-state index contributed by atoms with van der Waals surface area (Å²) in [6.07, 6.45) is 0.881. The quantitative estimate of drug-likeness (QED) is 0.629. The van der Waals surface area contributed by atoms with Crippen molar-refractivity contribution in [2.24, 2.45) is 0 Å². The lowest BCUT2D eigenvalue weighted by Crippen LogP contribution is -2.62. The van der Waals surface area contributed by atoms with E-state index in [-0.39, 0.29) is 61.2 Å². The number of esters is 1. The molecule has 6 fully saturated rings. The highest BCUT2D eigenvalue weighted by molar-refractivity contribution is 5.69. The minimum atomic E-state index is -0.866. The van der Waals surface area contributed by atoms with Crippen molar-refractivity contribution in [2.45, 2.75) is 86.9 Å². The van der Waals surface area contributed by atoms with Gasteiger partial charge in [0.25, 0.3) is 0 Å². The Morgan fingerprint density at radius 2 is 1.74 bits per heavy atom. The second kappa shape index (κ2) is 7.79. The van der Waals surface area contributed by atoms with Gasteiger partial charge in [-0.3, -0.25) is 4.79 Å². The first-order valence-corrected chi connectivity index (χ1v) is 11.1. The third-order valence-electron chi connectivity index (χ3n) is 7.08. The highest BCUT2D eigenvalue weighted by atomic mass is 16.8. The molecule has 0 radical (unpaired) electrons. The number of methoxy groups -OCH3 is 1. The summed E-state index contributed by atoms with van der Waals surface area (Å²) in [5, 5.41) is 0. The van der Waals surface area contributed by atoms with E-state index in [1.165, 1.54) is 7.11 Å². The van der Waals surface area contributed by atoms with E-state index in [4.69, 9.17) is 33.2 Å². The highest BCUT2D eigenvalue weighted by Gasteiger charge is 2.68. The molecule has 8 heteroatoms.